The molecular formula is C5H9NO. The summed E-state index contributed by atoms with van der Waals surface area (Å²) in [5.74, 6) is 0. The first-order valence-electron chi connectivity index (χ1n) is 2.27. The first-order valence-corrected chi connectivity index (χ1v) is 2.27. The molecule has 0 radical (unpaired) electrons. The first kappa shape index (κ1) is 4.65. The average molecular weight is 99.1 g/mol. The summed E-state index contributed by atoms with van der Waals surface area (Å²) in [5, 5.41) is 0. The standard InChI is InChI=1S/C5H9NO/c1-5-3-7-4-6(5)2/h1,3-4H2,2H3. The zero-order valence-electron chi connectivity index (χ0n) is 4.48. The highest BCUT2D eigenvalue weighted by molar-refractivity contribution is 4.94. The van der Waals surface area contributed by atoms with E-state index in [-0.39, 0.29) is 0 Å². The average Bonchev–Trinajstić information content (AvgIpc) is 1.91. The molecule has 0 bridgehead atoms. The molecule has 0 aromatic carbocycles. The molecule has 0 spiro atoms. The van der Waals surface area contributed by atoms with Gasteiger partial charge in [0, 0.05) is 12.7 Å². The van der Waals surface area contributed by atoms with Crippen molar-refractivity contribution in [3.05, 3.63) is 12.3 Å². The first-order chi connectivity index (χ1) is 3.30. The molecule has 0 aliphatic carbocycles. The van der Waals surface area contributed by atoms with Gasteiger partial charge >= 0.3 is 0 Å². The summed E-state index contributed by atoms with van der Waals surface area (Å²) < 4.78 is 5.00. The molecule has 0 saturated carbocycles. The summed E-state index contributed by atoms with van der Waals surface area (Å²) in [6, 6.07) is 0. The molecule has 40 valence electrons. The van der Waals surface area contributed by atoms with Gasteiger partial charge in [0.2, 0.25) is 0 Å². The third-order valence-electron chi connectivity index (χ3n) is 1.09. The molecule has 7 heavy (non-hydrogen) atoms. The van der Waals surface area contributed by atoms with Crippen molar-refractivity contribution < 1.29 is 4.74 Å². The Labute approximate surface area is 43.4 Å². The van der Waals surface area contributed by atoms with Gasteiger partial charge in [-0.3, -0.25) is 0 Å². The Morgan fingerprint density at radius 2 is 2.57 bits per heavy atom. The summed E-state index contributed by atoms with van der Waals surface area (Å²) in [4.78, 5) is 1.99. The van der Waals surface area contributed by atoms with Gasteiger partial charge in [0.25, 0.3) is 0 Å². The molecule has 1 aliphatic heterocycles. The van der Waals surface area contributed by atoms with Crippen molar-refractivity contribution in [2.45, 2.75) is 0 Å². The maximum atomic E-state index is 5.00. The Hall–Kier alpha value is -0.500. The molecule has 0 amide bonds. The highest BCUT2D eigenvalue weighted by Gasteiger charge is 2.08. The van der Waals surface area contributed by atoms with Crippen molar-refractivity contribution in [1.82, 2.24) is 4.90 Å². The number of likely N-dealkylation sites (N-methyl/N-ethyl adjacent to an activating group) is 1. The minimum absolute atomic E-state index is 0.705. The number of hydrogen-bond acceptors (Lipinski definition) is 2. The zero-order chi connectivity index (χ0) is 5.28. The van der Waals surface area contributed by atoms with E-state index >= 15 is 0 Å². The second-order valence-corrected chi connectivity index (χ2v) is 1.74. The molecule has 1 heterocycles. The predicted molar refractivity (Wildman–Crippen MR) is 27.7 cm³/mol. The number of nitrogens with zero attached hydrogens (tertiary/aromatic N) is 1. The summed E-state index contributed by atoms with van der Waals surface area (Å²) in [7, 11) is 1.97. The molecule has 0 unspecified atom stereocenters. The molecule has 0 N–H and O–H groups in total. The highest BCUT2D eigenvalue weighted by atomic mass is 16.5. The molecule has 1 fully saturated rings. The molecule has 1 rings (SSSR count). The van der Waals surface area contributed by atoms with E-state index in [9.17, 15) is 0 Å². The lowest BCUT2D eigenvalue weighted by Crippen LogP contribution is -2.09. The van der Waals surface area contributed by atoms with Crippen LogP contribution in [-0.4, -0.2) is 25.3 Å². The fourth-order valence-electron chi connectivity index (χ4n) is 0.502. The van der Waals surface area contributed by atoms with Crippen LogP contribution in [0.25, 0.3) is 0 Å². The summed E-state index contributed by atoms with van der Waals surface area (Å²) in [6.07, 6.45) is 0. The van der Waals surface area contributed by atoms with Crippen LogP contribution >= 0.6 is 0 Å². The number of ether oxygens (including phenoxy) is 1. The molecule has 1 aliphatic rings. The van der Waals surface area contributed by atoms with E-state index in [0.717, 1.165) is 5.70 Å². The van der Waals surface area contributed by atoms with Crippen molar-refractivity contribution in [1.29, 1.82) is 0 Å². The normalized spacial score (nSPS) is 21.3. The summed E-state index contributed by atoms with van der Waals surface area (Å²) >= 11 is 0. The second-order valence-electron chi connectivity index (χ2n) is 1.74. The second kappa shape index (κ2) is 1.54. The topological polar surface area (TPSA) is 12.5 Å². The van der Waals surface area contributed by atoms with Gasteiger partial charge < -0.3 is 9.64 Å². The van der Waals surface area contributed by atoms with Crippen LogP contribution in [0.2, 0.25) is 0 Å². The van der Waals surface area contributed by atoms with E-state index in [1.54, 1.807) is 0 Å². The maximum Gasteiger partial charge on any atom is 0.119 e. The van der Waals surface area contributed by atoms with E-state index in [4.69, 9.17) is 4.74 Å². The van der Waals surface area contributed by atoms with Crippen LogP contribution in [0.5, 0.6) is 0 Å². The Morgan fingerprint density at radius 1 is 1.86 bits per heavy atom. The molecule has 1 saturated heterocycles. The fraction of sp³-hybridized carbons (Fsp3) is 0.600. The largest absolute Gasteiger partial charge is 0.355 e. The van der Waals surface area contributed by atoms with Gasteiger partial charge in [-0.15, -0.1) is 0 Å². The van der Waals surface area contributed by atoms with Crippen LogP contribution in [0.4, 0.5) is 0 Å². The Bertz CT molecular complexity index is 90.1. The van der Waals surface area contributed by atoms with Gasteiger partial charge in [-0.25, -0.2) is 0 Å². The van der Waals surface area contributed by atoms with Crippen molar-refractivity contribution in [3.8, 4) is 0 Å². The molecule has 2 heteroatoms. The number of hydrogen-bond donors (Lipinski definition) is 0. The van der Waals surface area contributed by atoms with Crippen LogP contribution in [0, 0.1) is 0 Å². The molecule has 0 aromatic rings. The van der Waals surface area contributed by atoms with E-state index in [2.05, 4.69) is 6.58 Å². The number of rotatable bonds is 0. The van der Waals surface area contributed by atoms with Crippen LogP contribution in [-0.2, 0) is 4.74 Å². The van der Waals surface area contributed by atoms with Crippen LogP contribution in [0.3, 0.4) is 0 Å². The third-order valence-corrected chi connectivity index (χ3v) is 1.09. The minimum Gasteiger partial charge on any atom is -0.355 e. The van der Waals surface area contributed by atoms with Gasteiger partial charge in [-0.2, -0.15) is 0 Å². The van der Waals surface area contributed by atoms with Crippen LogP contribution in [0.15, 0.2) is 12.3 Å². The Kier molecular flexibility index (Phi) is 1.02. The zero-order valence-corrected chi connectivity index (χ0v) is 4.48. The minimum atomic E-state index is 0.705. The molecule has 0 atom stereocenters. The van der Waals surface area contributed by atoms with Crippen molar-refractivity contribution in [2.75, 3.05) is 20.4 Å². The van der Waals surface area contributed by atoms with E-state index in [0.29, 0.717) is 13.3 Å². The fourth-order valence-corrected chi connectivity index (χ4v) is 0.502. The summed E-state index contributed by atoms with van der Waals surface area (Å²) in [5.41, 5.74) is 1.07. The van der Waals surface area contributed by atoms with Crippen molar-refractivity contribution >= 4 is 0 Å². The van der Waals surface area contributed by atoms with Crippen LogP contribution < -0.4 is 0 Å². The quantitative estimate of drug-likeness (QED) is 0.436. The Morgan fingerprint density at radius 3 is 2.71 bits per heavy atom. The van der Waals surface area contributed by atoms with Crippen LogP contribution in [0.1, 0.15) is 0 Å². The van der Waals surface area contributed by atoms with Gasteiger partial charge in [0.05, 0.1) is 6.61 Å². The molecule has 2 nitrogen and oxygen atoms in total. The highest BCUT2D eigenvalue weighted by Crippen LogP contribution is 2.05. The van der Waals surface area contributed by atoms with Gasteiger partial charge in [0.1, 0.15) is 6.73 Å². The van der Waals surface area contributed by atoms with E-state index in [1.165, 1.54) is 0 Å². The van der Waals surface area contributed by atoms with E-state index < -0.39 is 0 Å². The lowest BCUT2D eigenvalue weighted by Gasteiger charge is -2.05. The smallest absolute Gasteiger partial charge is 0.119 e. The monoisotopic (exact) mass is 99.1 g/mol. The van der Waals surface area contributed by atoms with Gasteiger partial charge in [-0.05, 0) is 0 Å². The van der Waals surface area contributed by atoms with E-state index in [1.807, 2.05) is 11.9 Å². The Balaban J connectivity index is 2.48. The SMILES string of the molecule is C=C1COCN1C. The maximum absolute atomic E-state index is 5.00. The lowest BCUT2D eigenvalue weighted by molar-refractivity contribution is 0.154. The lowest BCUT2D eigenvalue weighted by atomic mass is 10.5. The molecular weight excluding hydrogens is 90.1 g/mol. The van der Waals surface area contributed by atoms with Crippen molar-refractivity contribution in [2.24, 2.45) is 0 Å². The van der Waals surface area contributed by atoms with Gasteiger partial charge in [-0.1, -0.05) is 6.58 Å². The summed E-state index contributed by atoms with van der Waals surface area (Å²) in [6.45, 7) is 5.15. The van der Waals surface area contributed by atoms with Gasteiger partial charge in [0.15, 0.2) is 0 Å². The molecule has 0 aromatic heterocycles. The third kappa shape index (κ3) is 0.747. The predicted octanol–water partition coefficient (Wildman–Crippen LogP) is 0.420. The van der Waals surface area contributed by atoms with Crippen molar-refractivity contribution in [3.63, 3.8) is 0 Å².